The quantitative estimate of drug-likeness (QED) is 0.677. The van der Waals surface area contributed by atoms with Gasteiger partial charge in [0.2, 0.25) is 11.8 Å². The van der Waals surface area contributed by atoms with Crippen LogP contribution in [-0.2, 0) is 32.5 Å². The second kappa shape index (κ2) is 8.87. The van der Waals surface area contributed by atoms with Gasteiger partial charge in [-0.1, -0.05) is 32.0 Å². The van der Waals surface area contributed by atoms with Crippen molar-refractivity contribution in [3.63, 3.8) is 0 Å². The highest BCUT2D eigenvalue weighted by Crippen LogP contribution is 2.33. The molecule has 0 spiro atoms. The molecule has 3 rings (SSSR count). The Balaban J connectivity index is 2.08. The molecular weight excluding hydrogens is 404 g/mol. The largest absolute Gasteiger partial charge is 0.495 e. The summed E-state index contributed by atoms with van der Waals surface area (Å²) in [6, 6.07) is 9.99. The minimum absolute atomic E-state index is 0.123. The number of imide groups is 1. The molecule has 1 fully saturated rings. The van der Waals surface area contributed by atoms with Crippen LogP contribution < -0.4 is 14.4 Å². The van der Waals surface area contributed by atoms with Gasteiger partial charge in [0.1, 0.15) is 10.6 Å². The van der Waals surface area contributed by atoms with Gasteiger partial charge in [0.15, 0.2) is 0 Å². The summed E-state index contributed by atoms with van der Waals surface area (Å²) in [6.07, 6.45) is 2.34. The van der Waals surface area contributed by atoms with Gasteiger partial charge in [-0.25, -0.2) is 8.42 Å². The van der Waals surface area contributed by atoms with Gasteiger partial charge in [-0.15, -0.1) is 0 Å². The van der Waals surface area contributed by atoms with Gasteiger partial charge in [-0.2, -0.15) is 0 Å². The summed E-state index contributed by atoms with van der Waals surface area (Å²) >= 11 is 0. The number of sulfonamides is 1. The molecule has 1 aliphatic rings. The van der Waals surface area contributed by atoms with Crippen molar-refractivity contribution >= 4 is 33.2 Å². The number of hydrogen-bond acceptors (Lipinski definition) is 5. The molecule has 0 unspecified atom stereocenters. The average molecular weight is 431 g/mol. The number of amides is 2. The van der Waals surface area contributed by atoms with E-state index < -0.39 is 10.0 Å². The van der Waals surface area contributed by atoms with Crippen LogP contribution in [0.25, 0.3) is 0 Å². The molecule has 8 heteroatoms. The van der Waals surface area contributed by atoms with E-state index >= 15 is 0 Å². The smallest absolute Gasteiger partial charge is 0.265 e. The molecule has 0 saturated carbocycles. The lowest BCUT2D eigenvalue weighted by Crippen LogP contribution is -2.40. The van der Waals surface area contributed by atoms with E-state index in [4.69, 9.17) is 4.74 Å². The van der Waals surface area contributed by atoms with Crippen LogP contribution in [0.3, 0.4) is 0 Å². The predicted octanol–water partition coefficient (Wildman–Crippen LogP) is 3.66. The molecule has 0 aliphatic carbocycles. The molecule has 1 saturated heterocycles. The number of nitrogens with one attached hydrogen (secondary N) is 1. The van der Waals surface area contributed by atoms with Crippen LogP contribution in [0.15, 0.2) is 41.3 Å². The van der Waals surface area contributed by atoms with E-state index in [2.05, 4.69) is 4.72 Å². The number of anilines is 2. The topological polar surface area (TPSA) is 92.8 Å². The zero-order valence-electron chi connectivity index (χ0n) is 17.4. The summed E-state index contributed by atoms with van der Waals surface area (Å²) in [7, 11) is -2.66. The van der Waals surface area contributed by atoms with Crippen molar-refractivity contribution in [1.82, 2.24) is 0 Å². The molecule has 1 N–H and O–H groups in total. The second-order valence-electron chi connectivity index (χ2n) is 7.08. The summed E-state index contributed by atoms with van der Waals surface area (Å²) in [5.74, 6) is -0.537. The fraction of sp³-hybridized carbons (Fsp3) is 0.364. The zero-order valence-corrected chi connectivity index (χ0v) is 18.2. The number of piperidine rings is 1. The summed E-state index contributed by atoms with van der Waals surface area (Å²) in [4.78, 5) is 25.5. The number of nitrogens with zero attached hydrogens (tertiary/aromatic N) is 1. The summed E-state index contributed by atoms with van der Waals surface area (Å²) in [5.41, 5.74) is 2.55. The molecule has 2 aromatic rings. The number of methoxy groups -OCH3 is 1. The Morgan fingerprint density at radius 2 is 1.60 bits per heavy atom. The molecule has 2 aromatic carbocycles. The van der Waals surface area contributed by atoms with Gasteiger partial charge >= 0.3 is 0 Å². The van der Waals surface area contributed by atoms with E-state index in [1.807, 2.05) is 32.0 Å². The van der Waals surface area contributed by atoms with Crippen molar-refractivity contribution < 1.29 is 22.7 Å². The van der Waals surface area contributed by atoms with Crippen molar-refractivity contribution in [3.8, 4) is 5.75 Å². The highest BCUT2D eigenvalue weighted by molar-refractivity contribution is 7.92. The first-order valence-electron chi connectivity index (χ1n) is 9.99. The van der Waals surface area contributed by atoms with Gasteiger partial charge in [0.05, 0.1) is 18.5 Å². The Hall–Kier alpha value is -2.87. The number of hydrogen-bond donors (Lipinski definition) is 1. The number of benzene rings is 2. The Morgan fingerprint density at radius 1 is 1.00 bits per heavy atom. The molecule has 0 bridgehead atoms. The zero-order chi connectivity index (χ0) is 21.9. The van der Waals surface area contributed by atoms with Crippen molar-refractivity contribution in [1.29, 1.82) is 0 Å². The number of carbonyl (C=O) groups is 2. The van der Waals surface area contributed by atoms with Crippen molar-refractivity contribution in [2.24, 2.45) is 0 Å². The molecule has 1 aliphatic heterocycles. The maximum atomic E-state index is 13.3. The molecule has 0 atom stereocenters. The highest BCUT2D eigenvalue weighted by Gasteiger charge is 2.30. The molecular formula is C22H26N2O5S. The number of ether oxygens (including phenoxy) is 1. The number of para-hydroxylation sites is 1. The third-order valence-electron chi connectivity index (χ3n) is 5.21. The van der Waals surface area contributed by atoms with Crippen molar-refractivity contribution in [2.75, 3.05) is 16.7 Å². The number of rotatable bonds is 7. The fourth-order valence-electron chi connectivity index (χ4n) is 3.62. The Morgan fingerprint density at radius 3 is 2.13 bits per heavy atom. The first-order chi connectivity index (χ1) is 14.3. The average Bonchev–Trinajstić information content (AvgIpc) is 2.73. The molecule has 160 valence electrons. The minimum Gasteiger partial charge on any atom is -0.495 e. The monoisotopic (exact) mass is 430 g/mol. The van der Waals surface area contributed by atoms with Gasteiger partial charge in [-0.3, -0.25) is 19.2 Å². The highest BCUT2D eigenvalue weighted by atomic mass is 32.2. The van der Waals surface area contributed by atoms with E-state index in [0.29, 0.717) is 24.9 Å². The van der Waals surface area contributed by atoms with E-state index in [1.54, 1.807) is 0 Å². The Bertz CT molecular complexity index is 1040. The first-order valence-corrected chi connectivity index (χ1v) is 11.5. The third-order valence-corrected chi connectivity index (χ3v) is 6.58. The third kappa shape index (κ3) is 4.18. The predicted molar refractivity (Wildman–Crippen MR) is 115 cm³/mol. The fourth-order valence-corrected chi connectivity index (χ4v) is 4.95. The molecule has 0 radical (unpaired) electrons. The second-order valence-corrected chi connectivity index (χ2v) is 8.73. The Kier molecular flexibility index (Phi) is 6.45. The first kappa shape index (κ1) is 21.8. The molecule has 0 aromatic heterocycles. The molecule has 7 nitrogen and oxygen atoms in total. The SMILES string of the molecule is CCc1cccc(CC)c1NS(=O)(=O)c1cc(N2C(=O)CCCC2=O)ccc1OC. The van der Waals surface area contributed by atoms with Gasteiger partial charge in [-0.05, 0) is 48.6 Å². The van der Waals surface area contributed by atoms with Crippen LogP contribution in [0.1, 0.15) is 44.2 Å². The summed E-state index contributed by atoms with van der Waals surface area (Å²) in [6.45, 7) is 3.92. The summed E-state index contributed by atoms with van der Waals surface area (Å²) < 4.78 is 34.6. The maximum Gasteiger partial charge on any atom is 0.265 e. The lowest BCUT2D eigenvalue weighted by molar-refractivity contribution is -0.129. The van der Waals surface area contributed by atoms with Crippen LogP contribution in [0.5, 0.6) is 5.75 Å². The van der Waals surface area contributed by atoms with Gasteiger partial charge in [0, 0.05) is 12.8 Å². The summed E-state index contributed by atoms with van der Waals surface area (Å²) in [5, 5.41) is 0. The van der Waals surface area contributed by atoms with Crippen LogP contribution in [-0.4, -0.2) is 27.3 Å². The Labute approximate surface area is 177 Å². The minimum atomic E-state index is -4.04. The van der Waals surface area contributed by atoms with Crippen molar-refractivity contribution in [2.45, 2.75) is 50.8 Å². The lowest BCUT2D eigenvalue weighted by Gasteiger charge is -2.25. The lowest BCUT2D eigenvalue weighted by atomic mass is 10.0. The van der Waals surface area contributed by atoms with Crippen molar-refractivity contribution in [3.05, 3.63) is 47.5 Å². The molecule has 30 heavy (non-hydrogen) atoms. The van der Waals surface area contributed by atoms with Crippen LogP contribution >= 0.6 is 0 Å². The van der Waals surface area contributed by atoms with Crippen LogP contribution in [0.2, 0.25) is 0 Å². The van der Waals surface area contributed by atoms with Gasteiger partial charge in [0.25, 0.3) is 10.0 Å². The standard InChI is InChI=1S/C22H26N2O5S/c1-4-15-8-6-9-16(5-2)22(15)23-30(27,28)19-14-17(12-13-18(19)29-3)24-20(25)10-7-11-21(24)26/h6,8-9,12-14,23H,4-5,7,10-11H2,1-3H3. The van der Waals surface area contributed by atoms with Crippen LogP contribution in [0, 0.1) is 0 Å². The molecule has 2 amide bonds. The van der Waals surface area contributed by atoms with E-state index in [-0.39, 0.29) is 41.0 Å². The van der Waals surface area contributed by atoms with Gasteiger partial charge < -0.3 is 4.74 Å². The maximum absolute atomic E-state index is 13.3. The van der Waals surface area contributed by atoms with Crippen LogP contribution in [0.4, 0.5) is 11.4 Å². The number of aryl methyl sites for hydroxylation is 2. The number of carbonyl (C=O) groups excluding carboxylic acids is 2. The van der Waals surface area contributed by atoms with E-state index in [1.165, 1.54) is 25.3 Å². The van der Waals surface area contributed by atoms with E-state index in [0.717, 1.165) is 16.0 Å². The van der Waals surface area contributed by atoms with E-state index in [9.17, 15) is 18.0 Å². The normalized spacial score (nSPS) is 14.7. The molecule has 1 heterocycles.